The van der Waals surface area contributed by atoms with Crippen LogP contribution in [0.25, 0.3) is 0 Å². The van der Waals surface area contributed by atoms with Crippen LogP contribution in [0.2, 0.25) is 0 Å². The van der Waals surface area contributed by atoms with E-state index in [0.717, 1.165) is 34.5 Å². The number of para-hydroxylation sites is 2. The zero-order valence-corrected chi connectivity index (χ0v) is 19.1. The lowest BCUT2D eigenvalue weighted by Gasteiger charge is -2.26. The van der Waals surface area contributed by atoms with Gasteiger partial charge in [0.15, 0.2) is 0 Å². The fourth-order valence-corrected chi connectivity index (χ4v) is 4.40. The summed E-state index contributed by atoms with van der Waals surface area (Å²) in [7, 11) is -3.45. The van der Waals surface area contributed by atoms with Crippen molar-refractivity contribution in [2.75, 3.05) is 30.3 Å². The van der Waals surface area contributed by atoms with E-state index >= 15 is 0 Å². The number of nitrogens with one attached hydrogen (secondary N) is 1. The van der Waals surface area contributed by atoms with Crippen LogP contribution < -0.4 is 14.4 Å². The van der Waals surface area contributed by atoms with Crippen LogP contribution in [0.15, 0.2) is 42.5 Å². The molecule has 0 spiro atoms. The van der Waals surface area contributed by atoms with Gasteiger partial charge in [-0.1, -0.05) is 43.3 Å². The average molecular weight is 433 g/mol. The molecule has 2 rings (SSSR count). The minimum absolute atomic E-state index is 0.114. The highest BCUT2D eigenvalue weighted by atomic mass is 32.2. The second-order valence-electron chi connectivity index (χ2n) is 7.34. The third-order valence-electron chi connectivity index (χ3n) is 4.89. The van der Waals surface area contributed by atoms with E-state index in [1.807, 2.05) is 63.2 Å². The van der Waals surface area contributed by atoms with Crippen molar-refractivity contribution in [2.45, 2.75) is 40.0 Å². The minimum Gasteiger partial charge on any atom is -0.491 e. The van der Waals surface area contributed by atoms with E-state index in [1.165, 1.54) is 10.6 Å². The van der Waals surface area contributed by atoms with E-state index in [2.05, 4.69) is 5.32 Å². The van der Waals surface area contributed by atoms with Gasteiger partial charge in [-0.2, -0.15) is 0 Å². The topological polar surface area (TPSA) is 75.7 Å². The van der Waals surface area contributed by atoms with Crippen LogP contribution in [0, 0.1) is 13.8 Å². The predicted octanol–water partition coefficient (Wildman–Crippen LogP) is 3.61. The van der Waals surface area contributed by atoms with Gasteiger partial charge in [0.2, 0.25) is 15.9 Å². The van der Waals surface area contributed by atoms with Crippen molar-refractivity contribution in [3.05, 3.63) is 59.2 Å². The maximum atomic E-state index is 12.4. The fourth-order valence-electron chi connectivity index (χ4n) is 3.35. The molecule has 0 atom stereocenters. The van der Waals surface area contributed by atoms with Crippen LogP contribution in [-0.4, -0.2) is 40.3 Å². The van der Waals surface area contributed by atoms with Gasteiger partial charge in [0, 0.05) is 13.0 Å². The summed E-state index contributed by atoms with van der Waals surface area (Å²) in [4.78, 5) is 12.1. The van der Waals surface area contributed by atoms with Crippen molar-refractivity contribution in [2.24, 2.45) is 0 Å². The smallest absolute Gasteiger partial charge is 0.232 e. The number of aryl methyl sites for hydroxylation is 3. The van der Waals surface area contributed by atoms with Crippen LogP contribution in [0.5, 0.6) is 5.75 Å². The summed E-state index contributed by atoms with van der Waals surface area (Å²) in [6, 6.07) is 13.5. The third-order valence-corrected chi connectivity index (χ3v) is 6.06. The summed E-state index contributed by atoms with van der Waals surface area (Å²) in [6.07, 6.45) is 2.64. The van der Waals surface area contributed by atoms with E-state index in [0.29, 0.717) is 19.6 Å². The summed E-state index contributed by atoms with van der Waals surface area (Å²) in [5, 5.41) is 2.83. The molecule has 1 amide bonds. The lowest BCUT2D eigenvalue weighted by molar-refractivity contribution is -0.121. The summed E-state index contributed by atoms with van der Waals surface area (Å²) in [5.41, 5.74) is 3.68. The standard InChI is InChI=1S/C23H32N2O4S/c1-5-20-12-8-11-19(3)23(20)25(30(4,27)28)16-9-14-22(26)24-15-17-29-21-13-7-6-10-18(21)2/h6-8,10-13H,5,9,14-17H2,1-4H3,(H,24,26). The van der Waals surface area contributed by atoms with Crippen molar-refractivity contribution in [1.82, 2.24) is 5.32 Å². The van der Waals surface area contributed by atoms with Crippen molar-refractivity contribution in [3.63, 3.8) is 0 Å². The van der Waals surface area contributed by atoms with Gasteiger partial charge < -0.3 is 10.1 Å². The number of hydrogen-bond donors (Lipinski definition) is 1. The maximum Gasteiger partial charge on any atom is 0.232 e. The van der Waals surface area contributed by atoms with Crippen molar-refractivity contribution in [3.8, 4) is 5.75 Å². The number of rotatable bonds is 11. The van der Waals surface area contributed by atoms with E-state index < -0.39 is 10.0 Å². The second-order valence-corrected chi connectivity index (χ2v) is 9.25. The molecule has 0 bridgehead atoms. The Bertz CT molecular complexity index is 957. The fraction of sp³-hybridized carbons (Fsp3) is 0.435. The van der Waals surface area contributed by atoms with Gasteiger partial charge in [-0.05, 0) is 49.4 Å². The Morgan fingerprint density at radius 1 is 1.07 bits per heavy atom. The molecule has 0 radical (unpaired) electrons. The quantitative estimate of drug-likeness (QED) is 0.551. The summed E-state index contributed by atoms with van der Waals surface area (Å²) in [5.74, 6) is 0.692. The van der Waals surface area contributed by atoms with Crippen molar-refractivity contribution >= 4 is 21.6 Å². The predicted molar refractivity (Wildman–Crippen MR) is 122 cm³/mol. The number of amides is 1. The molecule has 0 fully saturated rings. The van der Waals surface area contributed by atoms with E-state index in [-0.39, 0.29) is 18.9 Å². The Morgan fingerprint density at radius 2 is 1.77 bits per heavy atom. The van der Waals surface area contributed by atoms with E-state index in [9.17, 15) is 13.2 Å². The molecule has 0 saturated carbocycles. The monoisotopic (exact) mass is 432 g/mol. The lowest BCUT2D eigenvalue weighted by atomic mass is 10.1. The SMILES string of the molecule is CCc1cccc(C)c1N(CCCC(=O)NCCOc1ccccc1C)S(C)(=O)=O. The van der Waals surface area contributed by atoms with Crippen molar-refractivity contribution in [1.29, 1.82) is 0 Å². The highest BCUT2D eigenvalue weighted by Crippen LogP contribution is 2.28. The summed E-state index contributed by atoms with van der Waals surface area (Å²) >= 11 is 0. The number of hydrogen-bond acceptors (Lipinski definition) is 4. The number of benzene rings is 2. The van der Waals surface area contributed by atoms with Crippen LogP contribution in [0.1, 0.15) is 36.5 Å². The molecule has 0 heterocycles. The molecule has 0 saturated heterocycles. The van der Waals surface area contributed by atoms with Gasteiger partial charge in [-0.25, -0.2) is 8.42 Å². The molecule has 164 valence electrons. The van der Waals surface area contributed by atoms with Crippen molar-refractivity contribution < 1.29 is 17.9 Å². The number of carbonyl (C=O) groups excluding carboxylic acids is 1. The Hall–Kier alpha value is -2.54. The van der Waals surface area contributed by atoms with Crippen LogP contribution in [-0.2, 0) is 21.2 Å². The van der Waals surface area contributed by atoms with E-state index in [4.69, 9.17) is 4.74 Å². The number of ether oxygens (including phenoxy) is 1. The zero-order chi connectivity index (χ0) is 22.1. The maximum absolute atomic E-state index is 12.4. The molecule has 0 aliphatic carbocycles. The Morgan fingerprint density at radius 3 is 2.43 bits per heavy atom. The molecule has 1 N–H and O–H groups in total. The minimum atomic E-state index is -3.45. The number of anilines is 1. The second kappa shape index (κ2) is 11.0. The number of nitrogens with zero attached hydrogens (tertiary/aromatic N) is 1. The van der Waals surface area contributed by atoms with Crippen LogP contribution >= 0.6 is 0 Å². The molecular weight excluding hydrogens is 400 g/mol. The number of carbonyl (C=O) groups is 1. The molecule has 30 heavy (non-hydrogen) atoms. The Kier molecular flexibility index (Phi) is 8.72. The van der Waals surface area contributed by atoms with Gasteiger partial charge in [-0.15, -0.1) is 0 Å². The molecule has 2 aromatic rings. The highest BCUT2D eigenvalue weighted by molar-refractivity contribution is 7.92. The van der Waals surface area contributed by atoms with Gasteiger partial charge in [-0.3, -0.25) is 9.10 Å². The normalized spacial score (nSPS) is 11.2. The molecule has 0 aromatic heterocycles. The molecule has 0 unspecified atom stereocenters. The van der Waals surface area contributed by atoms with Gasteiger partial charge in [0.1, 0.15) is 12.4 Å². The Balaban J connectivity index is 1.86. The van der Waals surface area contributed by atoms with Crippen LogP contribution in [0.3, 0.4) is 0 Å². The Labute approximate surface area is 180 Å². The van der Waals surface area contributed by atoms with Gasteiger partial charge >= 0.3 is 0 Å². The first kappa shape index (κ1) is 23.7. The zero-order valence-electron chi connectivity index (χ0n) is 18.3. The molecular formula is C23H32N2O4S. The molecule has 6 nitrogen and oxygen atoms in total. The molecule has 2 aromatic carbocycles. The van der Waals surface area contributed by atoms with E-state index in [1.54, 1.807) is 0 Å². The summed E-state index contributed by atoms with van der Waals surface area (Å²) < 4.78 is 31.9. The lowest BCUT2D eigenvalue weighted by Crippen LogP contribution is -2.34. The highest BCUT2D eigenvalue weighted by Gasteiger charge is 2.21. The first-order chi connectivity index (χ1) is 14.2. The third kappa shape index (κ3) is 6.76. The first-order valence-corrected chi connectivity index (χ1v) is 12.1. The molecule has 7 heteroatoms. The van der Waals surface area contributed by atoms with Gasteiger partial charge in [0.25, 0.3) is 0 Å². The summed E-state index contributed by atoms with van der Waals surface area (Å²) in [6.45, 7) is 6.94. The van der Waals surface area contributed by atoms with Crippen LogP contribution in [0.4, 0.5) is 5.69 Å². The number of sulfonamides is 1. The molecule has 0 aliphatic rings. The van der Waals surface area contributed by atoms with Gasteiger partial charge in [0.05, 0.1) is 18.5 Å². The first-order valence-electron chi connectivity index (χ1n) is 10.3. The average Bonchev–Trinajstić information content (AvgIpc) is 2.69. The molecule has 0 aliphatic heterocycles. The largest absolute Gasteiger partial charge is 0.491 e.